The van der Waals surface area contributed by atoms with Crippen molar-refractivity contribution >= 4 is 39.9 Å². The number of hydrogen-bond donors (Lipinski definition) is 2. The van der Waals surface area contributed by atoms with Gasteiger partial charge in [0.05, 0.1) is 6.10 Å². The number of halogens is 1. The van der Waals surface area contributed by atoms with Crippen LogP contribution < -0.4 is 0 Å². The third-order valence-corrected chi connectivity index (χ3v) is 8.66. The lowest BCUT2D eigenvalue weighted by molar-refractivity contribution is 0.0702. The molecule has 5 heteroatoms. The van der Waals surface area contributed by atoms with E-state index in [0.29, 0.717) is 20.6 Å². The molecule has 2 unspecified atom stereocenters. The molecule has 2 N–H and O–H groups in total. The van der Waals surface area contributed by atoms with E-state index in [-0.39, 0.29) is 6.10 Å². The topological polar surface area (TPSA) is 57.5 Å². The number of aliphatic hydroxyl groups is 1. The molecule has 158 valence electrons. The number of aliphatic hydroxyl groups excluding tert-OH is 1. The molecule has 1 aromatic carbocycles. The Labute approximate surface area is 191 Å². The zero-order chi connectivity index (χ0) is 21.0. The highest BCUT2D eigenvalue weighted by Crippen LogP contribution is 2.43. The van der Waals surface area contributed by atoms with E-state index < -0.39 is 5.97 Å². The number of carbonyl (C=O) groups is 1. The zero-order valence-corrected chi connectivity index (χ0v) is 20.2. The first-order chi connectivity index (χ1) is 13.8. The number of alkyl halides is 1. The number of aryl methyl sites for hydroxylation is 4. The fourth-order valence-electron chi connectivity index (χ4n) is 4.83. The lowest BCUT2D eigenvalue weighted by Crippen LogP contribution is -2.21. The van der Waals surface area contributed by atoms with Crippen molar-refractivity contribution in [2.45, 2.75) is 68.8 Å². The van der Waals surface area contributed by atoms with E-state index in [1.165, 1.54) is 28.0 Å². The molecule has 0 spiro atoms. The van der Waals surface area contributed by atoms with Crippen LogP contribution in [0.1, 0.15) is 63.3 Å². The molecule has 1 fully saturated rings. The van der Waals surface area contributed by atoms with Crippen LogP contribution in [0.15, 0.2) is 30.3 Å². The van der Waals surface area contributed by atoms with Gasteiger partial charge in [0.25, 0.3) is 0 Å². The van der Waals surface area contributed by atoms with E-state index in [0.717, 1.165) is 49.8 Å². The van der Waals surface area contributed by atoms with E-state index in [9.17, 15) is 9.90 Å². The van der Waals surface area contributed by atoms with Crippen molar-refractivity contribution in [2.75, 3.05) is 0 Å². The average Bonchev–Trinajstić information content (AvgIpc) is 3.20. The van der Waals surface area contributed by atoms with Crippen molar-refractivity contribution in [2.24, 2.45) is 11.8 Å². The van der Waals surface area contributed by atoms with Crippen molar-refractivity contribution in [3.63, 3.8) is 0 Å². The van der Waals surface area contributed by atoms with Crippen molar-refractivity contribution < 1.29 is 15.0 Å². The molecule has 1 aliphatic rings. The summed E-state index contributed by atoms with van der Waals surface area (Å²) in [5.41, 5.74) is 4.06. The fraction of sp³-hybridized carbons (Fsp3) is 0.542. The molecule has 0 amide bonds. The highest BCUT2D eigenvalue weighted by atomic mass is 127. The molecule has 0 saturated heterocycles. The predicted molar refractivity (Wildman–Crippen MR) is 128 cm³/mol. The summed E-state index contributed by atoms with van der Waals surface area (Å²) in [6, 6.07) is 10.4. The number of hydrogen-bond acceptors (Lipinski definition) is 3. The van der Waals surface area contributed by atoms with Gasteiger partial charge in [-0.3, -0.25) is 0 Å². The predicted octanol–water partition coefficient (Wildman–Crippen LogP) is 6.21. The summed E-state index contributed by atoms with van der Waals surface area (Å²) < 4.78 is 0.534. The van der Waals surface area contributed by atoms with Crippen LogP contribution in [0, 0.1) is 25.7 Å². The molecule has 1 aliphatic carbocycles. The molecule has 0 bridgehead atoms. The van der Waals surface area contributed by atoms with Gasteiger partial charge in [0, 0.05) is 8.80 Å². The summed E-state index contributed by atoms with van der Waals surface area (Å²) in [5, 5.41) is 19.7. The third kappa shape index (κ3) is 6.28. The Hall–Kier alpha value is -0.920. The van der Waals surface area contributed by atoms with Gasteiger partial charge in [-0.05, 0) is 88.3 Å². The number of rotatable bonds is 9. The monoisotopic (exact) mass is 526 g/mol. The maximum absolute atomic E-state index is 11.0. The maximum Gasteiger partial charge on any atom is 0.345 e. The number of carboxylic acids is 1. The fourth-order valence-corrected chi connectivity index (χ4v) is 7.13. The number of aromatic carboxylic acids is 1. The summed E-state index contributed by atoms with van der Waals surface area (Å²) in [6.45, 7) is 4.31. The first kappa shape index (κ1) is 22.8. The Morgan fingerprint density at radius 1 is 1.07 bits per heavy atom. The van der Waals surface area contributed by atoms with Crippen LogP contribution in [0.5, 0.6) is 0 Å². The van der Waals surface area contributed by atoms with Gasteiger partial charge < -0.3 is 10.2 Å². The van der Waals surface area contributed by atoms with Crippen molar-refractivity contribution in [3.05, 3.63) is 56.8 Å². The molecular formula is C24H31IO3S. The van der Waals surface area contributed by atoms with Gasteiger partial charge >= 0.3 is 5.97 Å². The molecular weight excluding hydrogens is 495 g/mol. The highest BCUT2D eigenvalue weighted by Gasteiger charge is 2.40. The summed E-state index contributed by atoms with van der Waals surface area (Å²) in [7, 11) is 0. The number of thiophene rings is 1. The molecule has 29 heavy (non-hydrogen) atoms. The van der Waals surface area contributed by atoms with E-state index in [1.807, 2.05) is 6.07 Å². The lowest BCUT2D eigenvalue weighted by atomic mass is 9.85. The average molecular weight is 526 g/mol. The van der Waals surface area contributed by atoms with Crippen LogP contribution in [0.3, 0.4) is 0 Å². The SMILES string of the molecule is Cc1cc(C)cc(CCCC2[C@@H](CCCc3ccc(C(=O)O)s3)C(I)C[C@H]2O)c1. The summed E-state index contributed by atoms with van der Waals surface area (Å²) >= 11 is 3.92. The van der Waals surface area contributed by atoms with Crippen molar-refractivity contribution in [1.29, 1.82) is 0 Å². The van der Waals surface area contributed by atoms with Crippen LogP contribution in [0.25, 0.3) is 0 Å². The molecule has 0 aliphatic heterocycles. The first-order valence-electron chi connectivity index (χ1n) is 10.5. The molecule has 3 nitrogen and oxygen atoms in total. The Kier molecular flexibility index (Phi) is 8.16. The van der Waals surface area contributed by atoms with E-state index in [2.05, 4.69) is 54.6 Å². The number of benzene rings is 1. The second-order valence-corrected chi connectivity index (χ2v) is 11.3. The van der Waals surface area contributed by atoms with Gasteiger partial charge in [0.1, 0.15) is 4.88 Å². The van der Waals surface area contributed by atoms with E-state index in [4.69, 9.17) is 5.11 Å². The Morgan fingerprint density at radius 2 is 1.72 bits per heavy atom. The molecule has 4 atom stereocenters. The Morgan fingerprint density at radius 3 is 2.38 bits per heavy atom. The van der Waals surface area contributed by atoms with Gasteiger partial charge in [-0.1, -0.05) is 51.9 Å². The lowest BCUT2D eigenvalue weighted by Gasteiger charge is -2.23. The minimum Gasteiger partial charge on any atom is -0.477 e. The third-order valence-electron chi connectivity index (χ3n) is 6.09. The molecule has 0 radical (unpaired) electrons. The number of carboxylic acid groups (broad SMARTS) is 1. The summed E-state index contributed by atoms with van der Waals surface area (Å²) in [5.74, 6) is 0.112. The smallest absolute Gasteiger partial charge is 0.345 e. The molecule has 1 heterocycles. The van der Waals surface area contributed by atoms with Crippen molar-refractivity contribution in [3.8, 4) is 0 Å². The van der Waals surface area contributed by atoms with Crippen molar-refractivity contribution in [1.82, 2.24) is 0 Å². The largest absolute Gasteiger partial charge is 0.477 e. The minimum atomic E-state index is -0.837. The molecule has 2 aromatic rings. The highest BCUT2D eigenvalue weighted by molar-refractivity contribution is 14.1. The second kappa shape index (κ2) is 10.4. The second-order valence-electron chi connectivity index (χ2n) is 8.50. The maximum atomic E-state index is 11.0. The van der Waals surface area contributed by atoms with E-state index in [1.54, 1.807) is 6.07 Å². The first-order valence-corrected chi connectivity index (χ1v) is 12.6. The van der Waals surface area contributed by atoms with Crippen LogP contribution >= 0.6 is 33.9 Å². The Bertz CT molecular complexity index is 811. The minimum absolute atomic E-state index is 0.179. The van der Waals surface area contributed by atoms with Gasteiger partial charge in [-0.15, -0.1) is 11.3 Å². The van der Waals surface area contributed by atoms with Gasteiger partial charge in [-0.25, -0.2) is 4.79 Å². The summed E-state index contributed by atoms with van der Waals surface area (Å²) in [4.78, 5) is 12.6. The van der Waals surface area contributed by atoms with Gasteiger partial charge in [-0.2, -0.15) is 0 Å². The zero-order valence-electron chi connectivity index (χ0n) is 17.2. The van der Waals surface area contributed by atoms with Gasteiger partial charge in [0.15, 0.2) is 0 Å². The molecule has 1 aromatic heterocycles. The normalized spacial score (nSPS) is 24.1. The van der Waals surface area contributed by atoms with Crippen LogP contribution in [-0.4, -0.2) is 26.2 Å². The standard InChI is InChI=1S/C24H31IO3S/c1-15-11-16(2)13-17(12-15)5-3-8-20-19(21(25)14-22(20)26)7-4-6-18-9-10-23(29-18)24(27)28/h9-13,19-22,26H,3-8,14H2,1-2H3,(H,27,28)/t19-,20?,21?,22-/m1/s1. The van der Waals surface area contributed by atoms with Crippen LogP contribution in [0.2, 0.25) is 0 Å². The van der Waals surface area contributed by atoms with E-state index >= 15 is 0 Å². The van der Waals surface area contributed by atoms with Gasteiger partial charge in [0.2, 0.25) is 0 Å². The summed E-state index contributed by atoms with van der Waals surface area (Å²) in [6.07, 6.45) is 7.12. The quantitative estimate of drug-likeness (QED) is 0.302. The molecule has 3 rings (SSSR count). The van der Waals surface area contributed by atoms with Crippen LogP contribution in [-0.2, 0) is 12.8 Å². The van der Waals surface area contributed by atoms with Crippen LogP contribution in [0.4, 0.5) is 0 Å². The Balaban J connectivity index is 1.50. The molecule has 1 saturated carbocycles.